The highest BCUT2D eigenvalue weighted by atomic mass is 16.5. The minimum absolute atomic E-state index is 0.103. The number of rotatable bonds is 5. The summed E-state index contributed by atoms with van der Waals surface area (Å²) in [5, 5.41) is 4.08. The molecule has 1 heterocycles. The lowest BCUT2D eigenvalue weighted by atomic mass is 10.1. The molecule has 0 spiro atoms. The van der Waals surface area contributed by atoms with Gasteiger partial charge in [-0.3, -0.25) is 4.79 Å². The summed E-state index contributed by atoms with van der Waals surface area (Å²) >= 11 is 0. The third-order valence-corrected chi connectivity index (χ3v) is 3.14. The van der Waals surface area contributed by atoms with Crippen LogP contribution in [-0.4, -0.2) is 30.5 Å². The van der Waals surface area contributed by atoms with Gasteiger partial charge in [0, 0.05) is 28.2 Å². The van der Waals surface area contributed by atoms with Gasteiger partial charge in [0.15, 0.2) is 5.78 Å². The van der Waals surface area contributed by atoms with Crippen molar-refractivity contribution in [2.45, 2.75) is 26.8 Å². The minimum atomic E-state index is 0.103. The minimum Gasteiger partial charge on any atom is -0.497 e. The smallest absolute Gasteiger partial charge is 0.179 e. The summed E-state index contributed by atoms with van der Waals surface area (Å²) in [7, 11) is 1.63. The highest BCUT2D eigenvalue weighted by Crippen LogP contribution is 2.26. The Bertz CT molecular complexity index is 599. The van der Waals surface area contributed by atoms with Gasteiger partial charge < -0.3 is 15.0 Å². The first-order chi connectivity index (χ1) is 9.02. The van der Waals surface area contributed by atoms with Crippen LogP contribution in [0.15, 0.2) is 18.2 Å². The van der Waals surface area contributed by atoms with Crippen molar-refractivity contribution in [1.82, 2.24) is 10.3 Å². The van der Waals surface area contributed by atoms with Gasteiger partial charge in [0.25, 0.3) is 0 Å². The summed E-state index contributed by atoms with van der Waals surface area (Å²) in [4.78, 5) is 15.6. The second-order valence-electron chi connectivity index (χ2n) is 5.00. The monoisotopic (exact) mass is 260 g/mol. The van der Waals surface area contributed by atoms with E-state index in [1.54, 1.807) is 7.11 Å². The Morgan fingerprint density at radius 2 is 2.16 bits per heavy atom. The third kappa shape index (κ3) is 2.79. The number of fused-ring (bicyclic) bond motifs is 1. The van der Waals surface area contributed by atoms with Crippen molar-refractivity contribution < 1.29 is 9.53 Å². The Balaban J connectivity index is 2.40. The van der Waals surface area contributed by atoms with Crippen molar-refractivity contribution in [1.29, 1.82) is 0 Å². The van der Waals surface area contributed by atoms with E-state index in [0.717, 1.165) is 27.9 Å². The number of H-pyrrole nitrogens is 1. The molecule has 1 aromatic carbocycles. The highest BCUT2D eigenvalue weighted by molar-refractivity contribution is 6.10. The number of carbonyl (C=O) groups is 1. The molecule has 2 aromatic rings. The fourth-order valence-electron chi connectivity index (χ4n) is 2.18. The van der Waals surface area contributed by atoms with Crippen molar-refractivity contribution in [3.8, 4) is 5.75 Å². The van der Waals surface area contributed by atoms with Gasteiger partial charge in [-0.15, -0.1) is 0 Å². The molecule has 0 saturated carbocycles. The number of aromatic nitrogens is 1. The molecule has 2 N–H and O–H groups in total. The van der Waals surface area contributed by atoms with Crippen LogP contribution in [0.25, 0.3) is 10.9 Å². The molecule has 0 atom stereocenters. The predicted octanol–water partition coefficient (Wildman–Crippen LogP) is 2.67. The lowest BCUT2D eigenvalue weighted by Gasteiger charge is -2.07. The van der Waals surface area contributed by atoms with E-state index in [4.69, 9.17) is 4.74 Å². The average Bonchev–Trinajstić information content (AvgIpc) is 2.70. The van der Waals surface area contributed by atoms with Gasteiger partial charge in [-0.1, -0.05) is 13.8 Å². The molecule has 19 heavy (non-hydrogen) atoms. The number of aromatic amines is 1. The normalized spacial score (nSPS) is 11.2. The second-order valence-corrected chi connectivity index (χ2v) is 5.00. The number of aryl methyl sites for hydroxylation is 1. The quantitative estimate of drug-likeness (QED) is 0.813. The summed E-state index contributed by atoms with van der Waals surface area (Å²) in [5.41, 5.74) is 2.62. The number of hydrogen-bond acceptors (Lipinski definition) is 3. The largest absolute Gasteiger partial charge is 0.497 e. The number of hydrogen-bond donors (Lipinski definition) is 2. The molecular weight excluding hydrogens is 240 g/mol. The van der Waals surface area contributed by atoms with Gasteiger partial charge in [0.2, 0.25) is 0 Å². The molecule has 0 aliphatic rings. The zero-order chi connectivity index (χ0) is 14.0. The Hall–Kier alpha value is -1.81. The van der Waals surface area contributed by atoms with Crippen molar-refractivity contribution in [3.63, 3.8) is 0 Å². The summed E-state index contributed by atoms with van der Waals surface area (Å²) in [6.45, 7) is 6.33. The number of carbonyl (C=O) groups excluding carboxylic acids is 1. The number of ether oxygens (including phenoxy) is 1. The lowest BCUT2D eigenvalue weighted by molar-refractivity contribution is 0.0989. The van der Waals surface area contributed by atoms with E-state index in [-0.39, 0.29) is 5.78 Å². The fourth-order valence-corrected chi connectivity index (χ4v) is 2.18. The van der Waals surface area contributed by atoms with Crippen LogP contribution >= 0.6 is 0 Å². The lowest BCUT2D eigenvalue weighted by Crippen LogP contribution is -2.29. The standard InChI is InChI=1S/C15H20N2O2/c1-9(2)16-8-14(18)15-10(3)17-13-6-5-11(19-4)7-12(13)15/h5-7,9,16-17H,8H2,1-4H3. The maximum Gasteiger partial charge on any atom is 0.179 e. The van der Waals surface area contributed by atoms with Crippen molar-refractivity contribution in [3.05, 3.63) is 29.5 Å². The van der Waals surface area contributed by atoms with Crippen LogP contribution in [0.2, 0.25) is 0 Å². The Labute approximate surface area is 113 Å². The Morgan fingerprint density at radius 1 is 1.42 bits per heavy atom. The molecule has 0 amide bonds. The van der Waals surface area contributed by atoms with E-state index in [2.05, 4.69) is 10.3 Å². The second kappa shape index (κ2) is 5.45. The predicted molar refractivity (Wildman–Crippen MR) is 77.1 cm³/mol. The number of Topliss-reactive ketones (excluding diaryl/α,β-unsaturated/α-hetero) is 1. The van der Waals surface area contributed by atoms with Crippen molar-refractivity contribution in [2.75, 3.05) is 13.7 Å². The van der Waals surface area contributed by atoms with E-state index >= 15 is 0 Å². The first-order valence-corrected chi connectivity index (χ1v) is 6.46. The topological polar surface area (TPSA) is 54.1 Å². The molecular formula is C15H20N2O2. The van der Waals surface area contributed by atoms with E-state index in [9.17, 15) is 4.79 Å². The number of methoxy groups -OCH3 is 1. The third-order valence-electron chi connectivity index (χ3n) is 3.14. The molecule has 4 heteroatoms. The van der Waals surface area contributed by atoms with Crippen molar-refractivity contribution >= 4 is 16.7 Å². The Morgan fingerprint density at radius 3 is 2.79 bits per heavy atom. The highest BCUT2D eigenvalue weighted by Gasteiger charge is 2.16. The maximum absolute atomic E-state index is 12.3. The molecule has 4 nitrogen and oxygen atoms in total. The van der Waals surface area contributed by atoms with Crippen LogP contribution in [0.4, 0.5) is 0 Å². The van der Waals surface area contributed by atoms with Crippen LogP contribution in [0.3, 0.4) is 0 Å². The molecule has 0 aliphatic carbocycles. The molecule has 2 rings (SSSR count). The SMILES string of the molecule is COc1ccc2[nH]c(C)c(C(=O)CNC(C)C)c2c1. The summed E-state index contributed by atoms with van der Waals surface area (Å²) < 4.78 is 5.22. The van der Waals surface area contributed by atoms with Gasteiger partial charge in [0.1, 0.15) is 5.75 Å². The van der Waals surface area contributed by atoms with E-state index in [0.29, 0.717) is 12.6 Å². The van der Waals surface area contributed by atoms with E-state index in [1.165, 1.54) is 0 Å². The molecule has 0 fully saturated rings. The van der Waals surface area contributed by atoms with E-state index in [1.807, 2.05) is 39.0 Å². The number of nitrogens with one attached hydrogen (secondary N) is 2. The van der Waals surface area contributed by atoms with Crippen LogP contribution in [0, 0.1) is 6.92 Å². The molecule has 0 unspecified atom stereocenters. The molecule has 0 saturated heterocycles. The van der Waals surface area contributed by atoms with E-state index < -0.39 is 0 Å². The van der Waals surface area contributed by atoms with Gasteiger partial charge in [-0.25, -0.2) is 0 Å². The molecule has 0 aliphatic heterocycles. The molecule has 102 valence electrons. The van der Waals surface area contributed by atoms with Crippen LogP contribution in [0.5, 0.6) is 5.75 Å². The first kappa shape index (κ1) is 13.6. The van der Waals surface area contributed by atoms with Gasteiger partial charge >= 0.3 is 0 Å². The molecule has 0 bridgehead atoms. The average molecular weight is 260 g/mol. The van der Waals surface area contributed by atoms with Crippen LogP contribution in [0.1, 0.15) is 29.9 Å². The van der Waals surface area contributed by atoms with Gasteiger partial charge in [-0.2, -0.15) is 0 Å². The maximum atomic E-state index is 12.3. The Kier molecular flexibility index (Phi) is 3.90. The van der Waals surface area contributed by atoms with Gasteiger partial charge in [-0.05, 0) is 25.1 Å². The number of benzene rings is 1. The summed E-state index contributed by atoms with van der Waals surface area (Å²) in [6, 6.07) is 6.03. The summed E-state index contributed by atoms with van der Waals surface area (Å²) in [6.07, 6.45) is 0. The number of ketones is 1. The summed E-state index contributed by atoms with van der Waals surface area (Å²) in [5.74, 6) is 0.864. The fraction of sp³-hybridized carbons (Fsp3) is 0.400. The molecule has 1 aromatic heterocycles. The van der Waals surface area contributed by atoms with Crippen LogP contribution in [-0.2, 0) is 0 Å². The van der Waals surface area contributed by atoms with Crippen molar-refractivity contribution in [2.24, 2.45) is 0 Å². The zero-order valence-electron chi connectivity index (χ0n) is 11.8. The van der Waals surface area contributed by atoms with Gasteiger partial charge in [0.05, 0.1) is 13.7 Å². The first-order valence-electron chi connectivity index (χ1n) is 6.46. The molecule has 0 radical (unpaired) electrons. The van der Waals surface area contributed by atoms with Crippen LogP contribution < -0.4 is 10.1 Å². The zero-order valence-corrected chi connectivity index (χ0v) is 11.8.